The number of aldehydes is 1. The molecule has 2 aromatic rings. The first-order chi connectivity index (χ1) is 9.84. The SMILES string of the molecule is COc1c(C)cc(-c2cnn(CC(F)(F)F)c2)cc1C=O. The Bertz CT molecular complexity index is 663. The monoisotopic (exact) mass is 298 g/mol. The van der Waals surface area contributed by atoms with E-state index >= 15 is 0 Å². The molecule has 1 aromatic carbocycles. The third kappa shape index (κ3) is 3.42. The molecule has 0 aliphatic heterocycles. The maximum Gasteiger partial charge on any atom is 0.408 e. The molecule has 1 heterocycles. The molecule has 0 bridgehead atoms. The predicted molar refractivity (Wildman–Crippen MR) is 70.4 cm³/mol. The zero-order chi connectivity index (χ0) is 15.6. The van der Waals surface area contributed by atoms with E-state index in [-0.39, 0.29) is 0 Å². The van der Waals surface area contributed by atoms with Gasteiger partial charge in [-0.1, -0.05) is 0 Å². The van der Waals surface area contributed by atoms with Crippen LogP contribution in [0.3, 0.4) is 0 Å². The topological polar surface area (TPSA) is 44.1 Å². The van der Waals surface area contributed by atoms with Gasteiger partial charge >= 0.3 is 6.18 Å². The number of ether oxygens (including phenoxy) is 1. The number of carbonyl (C=O) groups is 1. The molecular formula is C14H13F3N2O2. The van der Waals surface area contributed by atoms with Crippen LogP contribution >= 0.6 is 0 Å². The number of methoxy groups -OCH3 is 1. The molecule has 0 unspecified atom stereocenters. The first kappa shape index (κ1) is 15.1. The Morgan fingerprint density at radius 1 is 1.33 bits per heavy atom. The fourth-order valence-corrected chi connectivity index (χ4v) is 2.12. The van der Waals surface area contributed by atoms with E-state index in [9.17, 15) is 18.0 Å². The lowest BCUT2D eigenvalue weighted by Gasteiger charge is -2.09. The van der Waals surface area contributed by atoms with E-state index < -0.39 is 12.7 Å². The minimum absolute atomic E-state index is 0.344. The number of carbonyl (C=O) groups excluding carboxylic acids is 1. The van der Waals surface area contributed by atoms with Gasteiger partial charge in [0, 0.05) is 11.8 Å². The Labute approximate surface area is 119 Å². The zero-order valence-electron chi connectivity index (χ0n) is 11.4. The molecule has 0 radical (unpaired) electrons. The summed E-state index contributed by atoms with van der Waals surface area (Å²) in [6.45, 7) is 0.609. The molecule has 0 atom stereocenters. The van der Waals surface area contributed by atoms with Gasteiger partial charge in [-0.15, -0.1) is 0 Å². The van der Waals surface area contributed by atoms with Crippen LogP contribution in [0.25, 0.3) is 11.1 Å². The van der Waals surface area contributed by atoms with Crippen molar-refractivity contribution in [3.63, 3.8) is 0 Å². The van der Waals surface area contributed by atoms with E-state index in [4.69, 9.17) is 4.74 Å². The molecule has 1 aromatic heterocycles. The summed E-state index contributed by atoms with van der Waals surface area (Å²) < 4.78 is 42.9. The summed E-state index contributed by atoms with van der Waals surface area (Å²) >= 11 is 0. The summed E-state index contributed by atoms with van der Waals surface area (Å²) in [5, 5.41) is 3.68. The van der Waals surface area contributed by atoms with E-state index in [1.807, 2.05) is 0 Å². The highest BCUT2D eigenvalue weighted by molar-refractivity contribution is 5.84. The van der Waals surface area contributed by atoms with Crippen molar-refractivity contribution in [3.8, 4) is 16.9 Å². The predicted octanol–water partition coefficient (Wildman–Crippen LogP) is 3.24. The van der Waals surface area contributed by atoms with Crippen molar-refractivity contribution in [2.45, 2.75) is 19.6 Å². The van der Waals surface area contributed by atoms with E-state index in [0.29, 0.717) is 28.7 Å². The zero-order valence-corrected chi connectivity index (χ0v) is 11.4. The molecule has 7 heteroatoms. The number of aromatic nitrogens is 2. The molecule has 2 rings (SSSR count). The summed E-state index contributed by atoms with van der Waals surface area (Å²) in [7, 11) is 1.45. The van der Waals surface area contributed by atoms with Crippen LogP contribution in [0.4, 0.5) is 13.2 Å². The van der Waals surface area contributed by atoms with Crippen LogP contribution in [0.1, 0.15) is 15.9 Å². The summed E-state index contributed by atoms with van der Waals surface area (Å²) in [4.78, 5) is 11.1. The highest BCUT2D eigenvalue weighted by atomic mass is 19.4. The molecule has 112 valence electrons. The molecule has 0 aliphatic carbocycles. The van der Waals surface area contributed by atoms with Gasteiger partial charge in [0.15, 0.2) is 6.29 Å². The summed E-state index contributed by atoms with van der Waals surface area (Å²) in [6.07, 6.45) is -1.05. The van der Waals surface area contributed by atoms with Crippen molar-refractivity contribution >= 4 is 6.29 Å². The largest absolute Gasteiger partial charge is 0.496 e. The number of nitrogens with zero attached hydrogens (tertiary/aromatic N) is 2. The normalized spacial score (nSPS) is 11.5. The number of aryl methyl sites for hydroxylation is 1. The van der Waals surface area contributed by atoms with Crippen molar-refractivity contribution in [3.05, 3.63) is 35.7 Å². The fraction of sp³-hybridized carbons (Fsp3) is 0.286. The highest BCUT2D eigenvalue weighted by Gasteiger charge is 2.28. The van der Waals surface area contributed by atoms with E-state index in [1.54, 1.807) is 19.1 Å². The molecular weight excluding hydrogens is 285 g/mol. The average Bonchev–Trinajstić information content (AvgIpc) is 2.83. The van der Waals surface area contributed by atoms with Crippen LogP contribution in [0.2, 0.25) is 0 Å². The number of hydrogen-bond acceptors (Lipinski definition) is 3. The van der Waals surface area contributed by atoms with E-state index in [2.05, 4.69) is 5.10 Å². The molecule has 0 fully saturated rings. The molecule has 0 saturated heterocycles. The van der Waals surface area contributed by atoms with E-state index in [1.165, 1.54) is 19.5 Å². The lowest BCUT2D eigenvalue weighted by Crippen LogP contribution is -2.17. The third-order valence-corrected chi connectivity index (χ3v) is 2.94. The maximum atomic E-state index is 12.3. The average molecular weight is 298 g/mol. The Hall–Kier alpha value is -2.31. The fourth-order valence-electron chi connectivity index (χ4n) is 2.12. The lowest BCUT2D eigenvalue weighted by molar-refractivity contribution is -0.142. The van der Waals surface area contributed by atoms with Gasteiger partial charge < -0.3 is 4.74 Å². The number of alkyl halides is 3. The Balaban J connectivity index is 2.39. The van der Waals surface area contributed by atoms with Gasteiger partial charge in [-0.3, -0.25) is 9.48 Å². The molecule has 4 nitrogen and oxygen atoms in total. The van der Waals surface area contributed by atoms with Gasteiger partial charge in [-0.05, 0) is 30.2 Å². The smallest absolute Gasteiger partial charge is 0.408 e. The molecule has 0 spiro atoms. The van der Waals surface area contributed by atoms with Crippen LogP contribution in [-0.4, -0.2) is 29.4 Å². The molecule has 0 amide bonds. The summed E-state index contributed by atoms with van der Waals surface area (Å²) in [5.74, 6) is 0.455. The number of hydrogen-bond donors (Lipinski definition) is 0. The van der Waals surface area contributed by atoms with Crippen molar-refractivity contribution in [1.29, 1.82) is 0 Å². The van der Waals surface area contributed by atoms with E-state index in [0.717, 1.165) is 10.2 Å². The second-order valence-electron chi connectivity index (χ2n) is 4.58. The minimum Gasteiger partial charge on any atom is -0.496 e. The van der Waals surface area contributed by atoms with Crippen LogP contribution in [0, 0.1) is 6.92 Å². The number of halogens is 3. The first-order valence-corrected chi connectivity index (χ1v) is 6.07. The van der Waals surface area contributed by atoms with Crippen molar-refractivity contribution in [2.75, 3.05) is 7.11 Å². The summed E-state index contributed by atoms with van der Waals surface area (Å²) in [6, 6.07) is 3.30. The quantitative estimate of drug-likeness (QED) is 0.814. The first-order valence-electron chi connectivity index (χ1n) is 6.07. The minimum atomic E-state index is -4.33. The van der Waals surface area contributed by atoms with Crippen LogP contribution in [-0.2, 0) is 6.54 Å². The number of benzene rings is 1. The Morgan fingerprint density at radius 2 is 2.05 bits per heavy atom. The van der Waals surface area contributed by atoms with Crippen molar-refractivity contribution in [1.82, 2.24) is 9.78 Å². The Morgan fingerprint density at radius 3 is 2.62 bits per heavy atom. The Kier molecular flexibility index (Phi) is 4.02. The second-order valence-corrected chi connectivity index (χ2v) is 4.58. The molecule has 21 heavy (non-hydrogen) atoms. The second kappa shape index (κ2) is 5.59. The molecule has 0 aliphatic rings. The van der Waals surface area contributed by atoms with Crippen molar-refractivity contribution in [2.24, 2.45) is 0 Å². The standard InChI is InChI=1S/C14H13F3N2O2/c1-9-3-10(4-11(7-20)13(9)21-2)12-5-18-19(6-12)8-14(15,16)17/h3-7H,8H2,1-2H3. The lowest BCUT2D eigenvalue weighted by atomic mass is 10.0. The molecule has 0 N–H and O–H groups in total. The summed E-state index contributed by atoms with van der Waals surface area (Å²) in [5.41, 5.74) is 2.19. The highest BCUT2D eigenvalue weighted by Crippen LogP contribution is 2.29. The third-order valence-electron chi connectivity index (χ3n) is 2.94. The van der Waals surface area contributed by atoms with Gasteiger partial charge in [0.05, 0.1) is 18.9 Å². The maximum absolute atomic E-state index is 12.3. The molecule has 0 saturated carbocycles. The van der Waals surface area contributed by atoms with Crippen LogP contribution < -0.4 is 4.74 Å². The number of rotatable bonds is 4. The van der Waals surface area contributed by atoms with Gasteiger partial charge in [0.25, 0.3) is 0 Å². The van der Waals surface area contributed by atoms with Crippen LogP contribution in [0.5, 0.6) is 5.75 Å². The van der Waals surface area contributed by atoms with Crippen LogP contribution in [0.15, 0.2) is 24.5 Å². The van der Waals surface area contributed by atoms with Gasteiger partial charge in [-0.25, -0.2) is 0 Å². The van der Waals surface area contributed by atoms with Gasteiger partial charge in [-0.2, -0.15) is 18.3 Å². The van der Waals surface area contributed by atoms with Gasteiger partial charge in [0.1, 0.15) is 12.3 Å². The van der Waals surface area contributed by atoms with Crippen molar-refractivity contribution < 1.29 is 22.7 Å². The van der Waals surface area contributed by atoms with Gasteiger partial charge in [0.2, 0.25) is 0 Å².